The molecule has 2 fully saturated rings. The largest absolute Gasteiger partial charge is 0.480 e. The van der Waals surface area contributed by atoms with Gasteiger partial charge >= 0.3 is 5.97 Å². The molecule has 0 aromatic rings. The van der Waals surface area contributed by atoms with Crippen molar-refractivity contribution in [3.8, 4) is 0 Å². The average molecular weight is 186 g/mol. The molecule has 0 aromatic carbocycles. The van der Waals surface area contributed by atoms with Gasteiger partial charge in [0.25, 0.3) is 0 Å². The van der Waals surface area contributed by atoms with Gasteiger partial charge in [-0.15, -0.1) is 0 Å². The van der Waals surface area contributed by atoms with Gasteiger partial charge in [0.15, 0.2) is 0 Å². The van der Waals surface area contributed by atoms with Crippen molar-refractivity contribution >= 4 is 11.9 Å². The van der Waals surface area contributed by atoms with Crippen LogP contribution >= 0.6 is 0 Å². The fourth-order valence-corrected chi connectivity index (χ4v) is 1.74. The molecule has 13 heavy (non-hydrogen) atoms. The Morgan fingerprint density at radius 2 is 2.46 bits per heavy atom. The number of amides is 1. The van der Waals surface area contributed by atoms with Crippen molar-refractivity contribution in [1.29, 1.82) is 0 Å². The van der Waals surface area contributed by atoms with Gasteiger partial charge in [-0.1, -0.05) is 0 Å². The summed E-state index contributed by atoms with van der Waals surface area (Å²) in [4.78, 5) is 26.5. The second-order valence-electron chi connectivity index (χ2n) is 3.46. The molecule has 6 nitrogen and oxygen atoms in total. The van der Waals surface area contributed by atoms with Gasteiger partial charge in [0.05, 0.1) is 6.42 Å². The highest BCUT2D eigenvalue weighted by Gasteiger charge is 2.48. The third kappa shape index (κ3) is 1.38. The summed E-state index contributed by atoms with van der Waals surface area (Å²) in [7, 11) is 0. The first-order valence-electron chi connectivity index (χ1n) is 4.04. The highest BCUT2D eigenvalue weighted by molar-refractivity contribution is 5.79. The summed E-state index contributed by atoms with van der Waals surface area (Å²) in [5.74, 6) is -1.09. The number of hydrogen-bond donors (Lipinski definition) is 3. The Balaban J connectivity index is 2.05. The van der Waals surface area contributed by atoms with Crippen LogP contribution in [-0.4, -0.2) is 35.2 Å². The molecule has 0 aromatic heterocycles. The molecule has 2 atom stereocenters. The molecule has 72 valence electrons. The van der Waals surface area contributed by atoms with Crippen LogP contribution in [0.4, 0.5) is 0 Å². The predicted molar refractivity (Wildman–Crippen MR) is 40.6 cm³/mol. The van der Waals surface area contributed by atoms with E-state index in [1.807, 2.05) is 0 Å². The van der Waals surface area contributed by atoms with E-state index in [-0.39, 0.29) is 12.3 Å². The van der Waals surface area contributed by atoms with Crippen LogP contribution < -0.4 is 10.8 Å². The molecule has 1 amide bonds. The van der Waals surface area contributed by atoms with Gasteiger partial charge in [-0.3, -0.25) is 14.4 Å². The molecule has 0 saturated carbocycles. The summed E-state index contributed by atoms with van der Waals surface area (Å²) >= 11 is 0. The highest BCUT2D eigenvalue weighted by atomic mass is 16.7. The number of rotatable bonds is 1. The van der Waals surface area contributed by atoms with E-state index in [0.717, 1.165) is 0 Å². The Bertz CT molecular complexity index is 267. The first-order valence-corrected chi connectivity index (χ1v) is 4.04. The van der Waals surface area contributed by atoms with Crippen molar-refractivity contribution in [2.45, 2.75) is 24.5 Å². The molecular weight excluding hydrogens is 176 g/mol. The zero-order valence-electron chi connectivity index (χ0n) is 6.87. The number of carboxylic acid groups (broad SMARTS) is 1. The van der Waals surface area contributed by atoms with E-state index in [1.54, 1.807) is 0 Å². The van der Waals surface area contributed by atoms with E-state index in [9.17, 15) is 9.59 Å². The first kappa shape index (κ1) is 8.46. The van der Waals surface area contributed by atoms with E-state index in [0.29, 0.717) is 13.0 Å². The van der Waals surface area contributed by atoms with Crippen molar-refractivity contribution in [2.24, 2.45) is 0 Å². The number of aliphatic carboxylic acids is 1. The van der Waals surface area contributed by atoms with Crippen LogP contribution in [0, 0.1) is 0 Å². The lowest BCUT2D eigenvalue weighted by molar-refractivity contribution is -0.139. The molecule has 0 radical (unpaired) electrons. The number of carbonyl (C=O) groups excluding carboxylic acids is 1. The standard InChI is InChI=1S/C7H10N2O4/c10-5-2-7(13-9-5)1-4(6(11)12)8-3-7/h4,8H,1-3H2,(H,9,10)(H,11,12)/t4-,7-/m1/s1. The average Bonchev–Trinajstić information content (AvgIpc) is 2.61. The highest BCUT2D eigenvalue weighted by Crippen LogP contribution is 2.29. The van der Waals surface area contributed by atoms with E-state index in [4.69, 9.17) is 9.94 Å². The lowest BCUT2D eigenvalue weighted by Gasteiger charge is -2.16. The third-order valence-electron chi connectivity index (χ3n) is 2.41. The van der Waals surface area contributed by atoms with Crippen LogP contribution in [-0.2, 0) is 14.4 Å². The van der Waals surface area contributed by atoms with Crippen LogP contribution in [0.2, 0.25) is 0 Å². The van der Waals surface area contributed by atoms with Gasteiger partial charge in [-0.2, -0.15) is 0 Å². The molecule has 2 saturated heterocycles. The maximum atomic E-state index is 10.9. The molecule has 2 heterocycles. The van der Waals surface area contributed by atoms with Crippen molar-refractivity contribution < 1.29 is 19.5 Å². The minimum absolute atomic E-state index is 0.187. The molecule has 1 spiro atoms. The second-order valence-corrected chi connectivity index (χ2v) is 3.46. The SMILES string of the molecule is O=C1C[C@]2(CN[C@@H](C(=O)O)C2)ON1. The molecule has 3 N–H and O–H groups in total. The Morgan fingerprint density at radius 3 is 2.92 bits per heavy atom. The lowest BCUT2D eigenvalue weighted by Crippen LogP contribution is -2.31. The van der Waals surface area contributed by atoms with Gasteiger partial charge in [0.1, 0.15) is 11.6 Å². The number of carbonyl (C=O) groups is 2. The van der Waals surface area contributed by atoms with Crippen molar-refractivity contribution in [2.75, 3.05) is 6.54 Å². The number of hydroxylamine groups is 1. The minimum Gasteiger partial charge on any atom is -0.480 e. The first-order chi connectivity index (χ1) is 6.11. The van der Waals surface area contributed by atoms with Gasteiger partial charge < -0.3 is 10.4 Å². The fourth-order valence-electron chi connectivity index (χ4n) is 1.74. The molecule has 2 aliphatic rings. The quantitative estimate of drug-likeness (QED) is 0.470. The van der Waals surface area contributed by atoms with Crippen LogP contribution in [0.5, 0.6) is 0 Å². The Kier molecular flexibility index (Phi) is 1.74. The molecule has 0 unspecified atom stereocenters. The van der Waals surface area contributed by atoms with Gasteiger partial charge in [-0.25, -0.2) is 5.48 Å². The molecule has 0 aliphatic carbocycles. The summed E-state index contributed by atoms with van der Waals surface area (Å²) in [5.41, 5.74) is 1.60. The summed E-state index contributed by atoms with van der Waals surface area (Å²) in [5, 5.41) is 11.5. The van der Waals surface area contributed by atoms with Crippen LogP contribution in [0.1, 0.15) is 12.8 Å². The zero-order chi connectivity index (χ0) is 9.47. The van der Waals surface area contributed by atoms with Crippen LogP contribution in [0.15, 0.2) is 0 Å². The lowest BCUT2D eigenvalue weighted by atomic mass is 9.97. The number of hydrogen-bond acceptors (Lipinski definition) is 4. The van der Waals surface area contributed by atoms with Gasteiger partial charge in [0, 0.05) is 13.0 Å². The summed E-state index contributed by atoms with van der Waals surface area (Å²) < 4.78 is 0. The van der Waals surface area contributed by atoms with E-state index in [1.165, 1.54) is 0 Å². The normalized spacial score (nSPS) is 38.2. The van der Waals surface area contributed by atoms with Crippen LogP contribution in [0.3, 0.4) is 0 Å². The summed E-state index contributed by atoms with van der Waals surface area (Å²) in [6, 6.07) is -0.604. The Morgan fingerprint density at radius 1 is 1.69 bits per heavy atom. The predicted octanol–water partition coefficient (Wildman–Crippen LogP) is -1.38. The molecule has 2 rings (SSSR count). The van der Waals surface area contributed by atoms with Crippen molar-refractivity contribution in [3.05, 3.63) is 0 Å². The monoisotopic (exact) mass is 186 g/mol. The number of carboxylic acids is 1. The molecule has 0 bridgehead atoms. The van der Waals surface area contributed by atoms with Crippen LogP contribution in [0.25, 0.3) is 0 Å². The smallest absolute Gasteiger partial charge is 0.320 e. The molecule has 6 heteroatoms. The van der Waals surface area contributed by atoms with E-state index in [2.05, 4.69) is 10.8 Å². The Labute approximate surface area is 74.2 Å². The third-order valence-corrected chi connectivity index (χ3v) is 2.41. The summed E-state index contributed by atoms with van der Waals surface area (Å²) in [6.07, 6.45) is 0.574. The van der Waals surface area contributed by atoms with Gasteiger partial charge in [-0.05, 0) is 0 Å². The number of nitrogens with one attached hydrogen (secondary N) is 2. The maximum absolute atomic E-state index is 10.9. The van der Waals surface area contributed by atoms with Crippen molar-refractivity contribution in [3.63, 3.8) is 0 Å². The van der Waals surface area contributed by atoms with Crippen molar-refractivity contribution in [1.82, 2.24) is 10.8 Å². The topological polar surface area (TPSA) is 87.7 Å². The zero-order valence-corrected chi connectivity index (χ0v) is 6.87. The van der Waals surface area contributed by atoms with Gasteiger partial charge in [0.2, 0.25) is 5.91 Å². The second kappa shape index (κ2) is 2.68. The minimum atomic E-state index is -0.903. The molecule has 2 aliphatic heterocycles. The Hall–Kier alpha value is -1.14. The molecular formula is C7H10N2O4. The summed E-state index contributed by atoms with van der Waals surface area (Å²) in [6.45, 7) is 0.405. The fraction of sp³-hybridized carbons (Fsp3) is 0.714. The van der Waals surface area contributed by atoms with E-state index >= 15 is 0 Å². The van der Waals surface area contributed by atoms with E-state index < -0.39 is 17.6 Å². The maximum Gasteiger partial charge on any atom is 0.320 e.